The molecule has 140 valence electrons. The maximum absolute atomic E-state index is 13.1. The monoisotopic (exact) mass is 346 g/mol. The van der Waals surface area contributed by atoms with E-state index in [4.69, 9.17) is 0 Å². The number of piperazine rings is 1. The predicted octanol–water partition coefficient (Wildman–Crippen LogP) is 3.49. The number of nitrogens with one attached hydrogen (secondary N) is 1. The third kappa shape index (κ3) is 5.70. The number of nitrogens with zero attached hydrogens (tertiary/aromatic N) is 3. The second-order valence-corrected chi connectivity index (χ2v) is 7.51. The van der Waals surface area contributed by atoms with Gasteiger partial charge < -0.3 is 10.2 Å². The second-order valence-electron chi connectivity index (χ2n) is 7.51. The van der Waals surface area contributed by atoms with Crippen LogP contribution in [0.15, 0.2) is 18.3 Å². The van der Waals surface area contributed by atoms with E-state index in [1.165, 1.54) is 12.8 Å². The van der Waals surface area contributed by atoms with Crippen molar-refractivity contribution in [3.63, 3.8) is 0 Å². The van der Waals surface area contributed by atoms with Gasteiger partial charge in [0, 0.05) is 38.4 Å². The topological polar surface area (TPSA) is 48.5 Å². The summed E-state index contributed by atoms with van der Waals surface area (Å²) in [7, 11) is 0. The number of carbonyl (C=O) groups excluding carboxylic acids is 1. The molecule has 0 radical (unpaired) electrons. The maximum atomic E-state index is 13.1. The molecule has 1 aliphatic rings. The van der Waals surface area contributed by atoms with Crippen LogP contribution in [0.4, 0.5) is 5.82 Å². The van der Waals surface area contributed by atoms with Gasteiger partial charge in [-0.3, -0.25) is 9.69 Å². The molecule has 2 heterocycles. The van der Waals surface area contributed by atoms with Crippen LogP contribution in [0, 0.1) is 5.92 Å². The number of amides is 1. The fourth-order valence-electron chi connectivity index (χ4n) is 3.27. The van der Waals surface area contributed by atoms with Gasteiger partial charge in [0.2, 0.25) is 0 Å². The summed E-state index contributed by atoms with van der Waals surface area (Å²) in [4.78, 5) is 22.0. The summed E-state index contributed by atoms with van der Waals surface area (Å²) >= 11 is 0. The Labute approximate surface area is 152 Å². The smallest absolute Gasteiger partial charge is 0.257 e. The highest BCUT2D eigenvalue weighted by atomic mass is 16.2. The van der Waals surface area contributed by atoms with Crippen LogP contribution in [0.5, 0.6) is 0 Å². The molecule has 1 N–H and O–H groups in total. The first-order valence-electron chi connectivity index (χ1n) is 9.75. The van der Waals surface area contributed by atoms with Gasteiger partial charge in [0.1, 0.15) is 5.82 Å². The van der Waals surface area contributed by atoms with Crippen molar-refractivity contribution in [1.29, 1.82) is 0 Å². The van der Waals surface area contributed by atoms with Crippen molar-refractivity contribution in [2.45, 2.75) is 53.0 Å². The highest BCUT2D eigenvalue weighted by Crippen LogP contribution is 2.19. The molecule has 0 aromatic carbocycles. The van der Waals surface area contributed by atoms with Crippen molar-refractivity contribution in [1.82, 2.24) is 14.8 Å². The molecule has 5 nitrogen and oxygen atoms in total. The summed E-state index contributed by atoms with van der Waals surface area (Å²) in [5.74, 6) is 1.45. The van der Waals surface area contributed by atoms with E-state index in [1.54, 1.807) is 6.20 Å². The molecule has 1 amide bonds. The van der Waals surface area contributed by atoms with Gasteiger partial charge in [-0.15, -0.1) is 0 Å². The van der Waals surface area contributed by atoms with Gasteiger partial charge in [-0.25, -0.2) is 4.98 Å². The Bertz CT molecular complexity index is 546. The van der Waals surface area contributed by atoms with Gasteiger partial charge in [0.25, 0.3) is 5.91 Å². The number of carbonyl (C=O) groups is 1. The van der Waals surface area contributed by atoms with E-state index in [0.29, 0.717) is 17.3 Å². The molecular formula is C20H34N4O. The van der Waals surface area contributed by atoms with E-state index in [2.05, 4.69) is 42.9 Å². The SMILES string of the molecule is CCCCN1CCN(C(=O)c2cccnc2NCCC(C)C)[C@H](C)C1. The fourth-order valence-corrected chi connectivity index (χ4v) is 3.27. The van der Waals surface area contributed by atoms with E-state index in [9.17, 15) is 4.79 Å². The predicted molar refractivity (Wildman–Crippen MR) is 104 cm³/mol. The Kier molecular flexibility index (Phi) is 7.69. The number of hydrogen-bond donors (Lipinski definition) is 1. The minimum Gasteiger partial charge on any atom is -0.369 e. The quantitative estimate of drug-likeness (QED) is 0.783. The Morgan fingerprint density at radius 1 is 1.40 bits per heavy atom. The molecule has 1 atom stereocenters. The van der Waals surface area contributed by atoms with Crippen LogP contribution in [0.3, 0.4) is 0 Å². The number of anilines is 1. The summed E-state index contributed by atoms with van der Waals surface area (Å²) in [5, 5.41) is 3.35. The van der Waals surface area contributed by atoms with E-state index in [1.807, 2.05) is 17.0 Å². The van der Waals surface area contributed by atoms with Crippen molar-refractivity contribution < 1.29 is 4.79 Å². The molecule has 2 rings (SSSR count). The first kappa shape index (κ1) is 19.7. The van der Waals surface area contributed by atoms with Crippen molar-refractivity contribution in [2.75, 3.05) is 38.0 Å². The minimum absolute atomic E-state index is 0.0998. The second kappa shape index (κ2) is 9.76. The number of hydrogen-bond acceptors (Lipinski definition) is 4. The highest BCUT2D eigenvalue weighted by molar-refractivity contribution is 5.99. The molecule has 0 unspecified atom stereocenters. The maximum Gasteiger partial charge on any atom is 0.257 e. The summed E-state index contributed by atoms with van der Waals surface area (Å²) in [6, 6.07) is 3.98. The van der Waals surface area contributed by atoms with Crippen molar-refractivity contribution in [3.8, 4) is 0 Å². The molecule has 1 fully saturated rings. The van der Waals surface area contributed by atoms with Crippen LogP contribution in [-0.4, -0.2) is 59.5 Å². The molecule has 1 saturated heterocycles. The van der Waals surface area contributed by atoms with Gasteiger partial charge in [0.15, 0.2) is 0 Å². The van der Waals surface area contributed by atoms with Crippen LogP contribution >= 0.6 is 0 Å². The molecule has 0 saturated carbocycles. The van der Waals surface area contributed by atoms with E-state index in [0.717, 1.165) is 39.1 Å². The van der Waals surface area contributed by atoms with Crippen molar-refractivity contribution in [2.24, 2.45) is 5.92 Å². The number of aromatic nitrogens is 1. The molecule has 0 spiro atoms. The highest BCUT2D eigenvalue weighted by Gasteiger charge is 2.29. The summed E-state index contributed by atoms with van der Waals surface area (Å²) < 4.78 is 0. The van der Waals surface area contributed by atoms with Crippen LogP contribution in [0.1, 0.15) is 57.3 Å². The van der Waals surface area contributed by atoms with Crippen LogP contribution in [0.2, 0.25) is 0 Å². The third-order valence-corrected chi connectivity index (χ3v) is 4.85. The zero-order valence-electron chi connectivity index (χ0n) is 16.3. The van der Waals surface area contributed by atoms with Crippen molar-refractivity contribution in [3.05, 3.63) is 23.9 Å². The summed E-state index contributed by atoms with van der Waals surface area (Å²) in [6.07, 6.45) is 5.26. The largest absolute Gasteiger partial charge is 0.369 e. The average Bonchev–Trinajstić information content (AvgIpc) is 2.59. The Balaban J connectivity index is 2.00. The Hall–Kier alpha value is -1.62. The first-order valence-corrected chi connectivity index (χ1v) is 9.75. The van der Waals surface area contributed by atoms with Crippen LogP contribution < -0.4 is 5.32 Å². The van der Waals surface area contributed by atoms with Crippen LogP contribution in [0.25, 0.3) is 0 Å². The minimum atomic E-state index is 0.0998. The third-order valence-electron chi connectivity index (χ3n) is 4.85. The normalized spacial score (nSPS) is 18.6. The lowest BCUT2D eigenvalue weighted by molar-refractivity contribution is 0.0488. The van der Waals surface area contributed by atoms with Gasteiger partial charge in [-0.2, -0.15) is 0 Å². The zero-order valence-corrected chi connectivity index (χ0v) is 16.3. The van der Waals surface area contributed by atoms with E-state index in [-0.39, 0.29) is 11.9 Å². The standard InChI is InChI=1S/C20H34N4O/c1-5-6-12-23-13-14-24(17(4)15-23)20(25)18-8-7-10-21-19(18)22-11-9-16(2)3/h7-8,10,16-17H,5-6,9,11-15H2,1-4H3,(H,21,22)/t17-/m1/s1. The molecule has 25 heavy (non-hydrogen) atoms. The Morgan fingerprint density at radius 3 is 2.88 bits per heavy atom. The first-order chi connectivity index (χ1) is 12.0. The van der Waals surface area contributed by atoms with Gasteiger partial charge in [-0.05, 0) is 44.4 Å². The van der Waals surface area contributed by atoms with Gasteiger partial charge in [0.05, 0.1) is 5.56 Å². The number of pyridine rings is 1. The fraction of sp³-hybridized carbons (Fsp3) is 0.700. The Morgan fingerprint density at radius 2 is 2.20 bits per heavy atom. The molecule has 0 bridgehead atoms. The van der Waals surface area contributed by atoms with E-state index < -0.39 is 0 Å². The van der Waals surface area contributed by atoms with Gasteiger partial charge >= 0.3 is 0 Å². The average molecular weight is 347 g/mol. The lowest BCUT2D eigenvalue weighted by Gasteiger charge is -2.40. The number of rotatable bonds is 8. The lowest BCUT2D eigenvalue weighted by Crippen LogP contribution is -2.54. The molecular weight excluding hydrogens is 312 g/mol. The van der Waals surface area contributed by atoms with Crippen molar-refractivity contribution >= 4 is 11.7 Å². The summed E-state index contributed by atoms with van der Waals surface area (Å²) in [5.41, 5.74) is 0.695. The van der Waals surface area contributed by atoms with E-state index >= 15 is 0 Å². The number of unbranched alkanes of at least 4 members (excludes halogenated alkanes) is 1. The lowest BCUT2D eigenvalue weighted by atomic mass is 10.1. The molecule has 1 aliphatic heterocycles. The van der Waals surface area contributed by atoms with Gasteiger partial charge in [-0.1, -0.05) is 27.2 Å². The summed E-state index contributed by atoms with van der Waals surface area (Å²) in [6.45, 7) is 13.5. The molecule has 0 aliphatic carbocycles. The molecule has 1 aromatic rings. The van der Waals surface area contributed by atoms with Crippen LogP contribution in [-0.2, 0) is 0 Å². The molecule has 5 heteroatoms. The zero-order chi connectivity index (χ0) is 18.2. The molecule has 1 aromatic heterocycles.